The van der Waals surface area contributed by atoms with Gasteiger partial charge in [-0.05, 0) is 53.8 Å². The molecule has 2 atom stereocenters. The second-order valence-electron chi connectivity index (χ2n) is 4.91. The SMILES string of the molecule is Cc1ccsc1C(N)CC1Cc2ccccc21. The summed E-state index contributed by atoms with van der Waals surface area (Å²) in [4.78, 5) is 1.36. The van der Waals surface area contributed by atoms with Gasteiger partial charge in [0, 0.05) is 10.9 Å². The third kappa shape index (κ3) is 1.92. The molecule has 1 aromatic heterocycles. The van der Waals surface area contributed by atoms with Crippen LogP contribution in [0, 0.1) is 6.92 Å². The lowest BCUT2D eigenvalue weighted by Crippen LogP contribution is -2.22. The number of thiophene rings is 1. The van der Waals surface area contributed by atoms with Crippen molar-refractivity contribution in [2.75, 3.05) is 0 Å². The van der Waals surface area contributed by atoms with Crippen LogP contribution < -0.4 is 5.73 Å². The van der Waals surface area contributed by atoms with Crippen molar-refractivity contribution in [3.63, 3.8) is 0 Å². The second kappa shape index (κ2) is 4.28. The molecule has 0 amide bonds. The highest BCUT2D eigenvalue weighted by Crippen LogP contribution is 2.41. The van der Waals surface area contributed by atoms with Crippen LogP contribution in [0.25, 0.3) is 0 Å². The second-order valence-corrected chi connectivity index (χ2v) is 5.86. The summed E-state index contributed by atoms with van der Waals surface area (Å²) < 4.78 is 0. The van der Waals surface area contributed by atoms with Crippen molar-refractivity contribution in [2.24, 2.45) is 5.73 Å². The van der Waals surface area contributed by atoms with E-state index in [0.717, 1.165) is 6.42 Å². The van der Waals surface area contributed by atoms with Crippen molar-refractivity contribution in [3.8, 4) is 0 Å². The Bertz CT molecular complexity index is 529. The minimum absolute atomic E-state index is 0.202. The van der Waals surface area contributed by atoms with Crippen LogP contribution in [-0.4, -0.2) is 0 Å². The zero-order valence-electron chi connectivity index (χ0n) is 10.0. The molecule has 2 heteroatoms. The van der Waals surface area contributed by atoms with E-state index in [-0.39, 0.29) is 6.04 Å². The number of rotatable bonds is 3. The van der Waals surface area contributed by atoms with E-state index in [9.17, 15) is 0 Å². The fraction of sp³-hybridized carbons (Fsp3) is 0.333. The molecule has 1 nitrogen and oxygen atoms in total. The molecule has 0 bridgehead atoms. The summed E-state index contributed by atoms with van der Waals surface area (Å²) in [7, 11) is 0. The smallest absolute Gasteiger partial charge is 0.0398 e. The highest BCUT2D eigenvalue weighted by atomic mass is 32.1. The minimum Gasteiger partial charge on any atom is -0.323 e. The van der Waals surface area contributed by atoms with Gasteiger partial charge in [0.15, 0.2) is 0 Å². The Morgan fingerprint density at radius 1 is 1.35 bits per heavy atom. The molecule has 3 rings (SSSR count). The summed E-state index contributed by atoms with van der Waals surface area (Å²) in [6.45, 7) is 2.15. The lowest BCUT2D eigenvalue weighted by molar-refractivity contribution is 0.501. The molecule has 2 unspecified atom stereocenters. The Balaban J connectivity index is 1.72. The van der Waals surface area contributed by atoms with Crippen molar-refractivity contribution < 1.29 is 0 Å². The van der Waals surface area contributed by atoms with Crippen molar-refractivity contribution in [2.45, 2.75) is 31.7 Å². The van der Waals surface area contributed by atoms with E-state index in [4.69, 9.17) is 5.73 Å². The van der Waals surface area contributed by atoms with Crippen LogP contribution in [-0.2, 0) is 6.42 Å². The summed E-state index contributed by atoms with van der Waals surface area (Å²) >= 11 is 1.79. The summed E-state index contributed by atoms with van der Waals surface area (Å²) in [5, 5.41) is 2.14. The van der Waals surface area contributed by atoms with Gasteiger partial charge in [0.2, 0.25) is 0 Å². The molecule has 1 aromatic carbocycles. The molecule has 0 spiro atoms. The van der Waals surface area contributed by atoms with Crippen LogP contribution in [0.4, 0.5) is 0 Å². The first-order chi connectivity index (χ1) is 8.25. The van der Waals surface area contributed by atoms with Gasteiger partial charge < -0.3 is 5.73 Å². The van der Waals surface area contributed by atoms with Gasteiger partial charge in [-0.15, -0.1) is 11.3 Å². The van der Waals surface area contributed by atoms with E-state index in [1.54, 1.807) is 11.3 Å². The van der Waals surface area contributed by atoms with Crippen LogP contribution in [0.15, 0.2) is 35.7 Å². The molecule has 1 aliphatic carbocycles. The fourth-order valence-corrected chi connectivity index (χ4v) is 3.69. The van der Waals surface area contributed by atoms with Gasteiger partial charge in [0.25, 0.3) is 0 Å². The predicted octanol–water partition coefficient (Wildman–Crippen LogP) is 3.79. The van der Waals surface area contributed by atoms with Crippen LogP contribution in [0.2, 0.25) is 0 Å². The molecule has 2 aromatic rings. The van der Waals surface area contributed by atoms with Gasteiger partial charge in [0.05, 0.1) is 0 Å². The van der Waals surface area contributed by atoms with E-state index in [1.165, 1.54) is 28.0 Å². The Morgan fingerprint density at radius 2 is 2.18 bits per heavy atom. The highest BCUT2D eigenvalue weighted by Gasteiger charge is 2.27. The molecule has 88 valence electrons. The first-order valence-corrected chi connectivity index (χ1v) is 7.01. The van der Waals surface area contributed by atoms with Gasteiger partial charge in [-0.25, -0.2) is 0 Å². The maximum atomic E-state index is 6.32. The van der Waals surface area contributed by atoms with Gasteiger partial charge in [-0.2, -0.15) is 0 Å². The molecule has 0 aliphatic heterocycles. The standard InChI is InChI=1S/C15H17NS/c1-10-6-7-17-15(10)14(16)9-12-8-11-4-2-3-5-13(11)12/h2-7,12,14H,8-9,16H2,1H3. The van der Waals surface area contributed by atoms with Gasteiger partial charge in [0.1, 0.15) is 0 Å². The van der Waals surface area contributed by atoms with Crippen molar-refractivity contribution in [1.82, 2.24) is 0 Å². The fourth-order valence-electron chi connectivity index (χ4n) is 2.75. The molecule has 0 fully saturated rings. The van der Waals surface area contributed by atoms with E-state index in [1.807, 2.05) is 0 Å². The molecule has 0 radical (unpaired) electrons. The van der Waals surface area contributed by atoms with E-state index >= 15 is 0 Å². The van der Waals surface area contributed by atoms with Crippen LogP contribution >= 0.6 is 11.3 Å². The molecule has 1 aliphatic rings. The zero-order valence-corrected chi connectivity index (χ0v) is 10.8. The van der Waals surface area contributed by atoms with E-state index < -0.39 is 0 Å². The lowest BCUT2D eigenvalue weighted by Gasteiger charge is -2.32. The summed E-state index contributed by atoms with van der Waals surface area (Å²) in [5.41, 5.74) is 10.7. The zero-order chi connectivity index (χ0) is 11.8. The first-order valence-electron chi connectivity index (χ1n) is 6.13. The number of aryl methyl sites for hydroxylation is 1. The average molecular weight is 243 g/mol. The van der Waals surface area contributed by atoms with Crippen molar-refractivity contribution in [1.29, 1.82) is 0 Å². The van der Waals surface area contributed by atoms with Gasteiger partial charge in [-0.1, -0.05) is 24.3 Å². The monoisotopic (exact) mass is 243 g/mol. The Kier molecular flexibility index (Phi) is 2.77. The molecule has 0 saturated carbocycles. The number of nitrogens with two attached hydrogens (primary N) is 1. The van der Waals surface area contributed by atoms with E-state index in [2.05, 4.69) is 42.6 Å². The third-order valence-electron chi connectivity index (χ3n) is 3.74. The van der Waals surface area contributed by atoms with Crippen LogP contribution in [0.5, 0.6) is 0 Å². The highest BCUT2D eigenvalue weighted by molar-refractivity contribution is 7.10. The number of hydrogen-bond donors (Lipinski definition) is 1. The third-order valence-corrected chi connectivity index (χ3v) is 4.89. The summed E-state index contributed by atoms with van der Waals surface area (Å²) in [6.07, 6.45) is 2.28. The van der Waals surface area contributed by atoms with E-state index in [0.29, 0.717) is 5.92 Å². The maximum Gasteiger partial charge on any atom is 0.0398 e. The van der Waals surface area contributed by atoms with Crippen molar-refractivity contribution in [3.05, 3.63) is 57.3 Å². The molecule has 1 heterocycles. The van der Waals surface area contributed by atoms with Gasteiger partial charge >= 0.3 is 0 Å². The summed E-state index contributed by atoms with van der Waals surface area (Å²) in [5.74, 6) is 0.669. The lowest BCUT2D eigenvalue weighted by atomic mass is 9.74. The molecule has 2 N–H and O–H groups in total. The molecule has 0 saturated heterocycles. The quantitative estimate of drug-likeness (QED) is 0.872. The Labute approximate surface area is 106 Å². The average Bonchev–Trinajstić information content (AvgIpc) is 2.72. The van der Waals surface area contributed by atoms with Crippen LogP contribution in [0.1, 0.15) is 39.9 Å². The Morgan fingerprint density at radius 3 is 2.88 bits per heavy atom. The van der Waals surface area contributed by atoms with Crippen LogP contribution in [0.3, 0.4) is 0 Å². The summed E-state index contributed by atoms with van der Waals surface area (Å²) in [6, 6.07) is 11.1. The minimum atomic E-state index is 0.202. The maximum absolute atomic E-state index is 6.32. The normalized spacial score (nSPS) is 19.5. The van der Waals surface area contributed by atoms with Gasteiger partial charge in [-0.3, -0.25) is 0 Å². The molecular formula is C15H17NS. The molecule has 17 heavy (non-hydrogen) atoms. The van der Waals surface area contributed by atoms with Crippen molar-refractivity contribution >= 4 is 11.3 Å². The number of benzene rings is 1. The largest absolute Gasteiger partial charge is 0.323 e. The Hall–Kier alpha value is -1.12. The number of hydrogen-bond acceptors (Lipinski definition) is 2. The predicted molar refractivity (Wildman–Crippen MR) is 73.5 cm³/mol. The first kappa shape index (κ1) is 11.0. The molecular weight excluding hydrogens is 226 g/mol. The topological polar surface area (TPSA) is 26.0 Å². The number of fused-ring (bicyclic) bond motifs is 1.